The highest BCUT2D eigenvalue weighted by molar-refractivity contribution is 7.84. The van der Waals surface area contributed by atoms with E-state index in [9.17, 15) is 44.8 Å². The Bertz CT molecular complexity index is 1430. The molecule has 0 atom stereocenters. The van der Waals surface area contributed by atoms with Gasteiger partial charge in [0.15, 0.2) is 5.75 Å². The number of hydrogen-bond acceptors (Lipinski definition) is 10. The number of halogens is 2. The molecule has 0 unspecified atom stereocenters. The topological polar surface area (TPSA) is 193 Å². The number of hydrogen-bond donors (Lipinski definition) is 1. The number of imidazole rings is 1. The molecule has 35 heavy (non-hydrogen) atoms. The quantitative estimate of drug-likeness (QED) is 0.217. The molecule has 3 aromatic rings. The van der Waals surface area contributed by atoms with Crippen LogP contribution in [0.2, 0.25) is 0 Å². The summed E-state index contributed by atoms with van der Waals surface area (Å²) < 4.78 is 70.9. The third-order valence-corrected chi connectivity index (χ3v) is 5.00. The number of benzene rings is 2. The van der Waals surface area contributed by atoms with E-state index in [1.54, 1.807) is 7.05 Å². The first kappa shape index (κ1) is 28.8. The Balaban J connectivity index is 0.000000267. The second-order valence-corrected chi connectivity index (χ2v) is 8.37. The van der Waals surface area contributed by atoms with E-state index in [0.717, 1.165) is 30.5 Å². The van der Waals surface area contributed by atoms with E-state index in [2.05, 4.69) is 4.18 Å². The summed E-state index contributed by atoms with van der Waals surface area (Å²) in [6.07, 6.45) is 2.62. The van der Waals surface area contributed by atoms with Gasteiger partial charge in [-0.15, -0.1) is 0 Å². The number of aromatic nitrogens is 2. The molecule has 0 saturated heterocycles. The maximum absolute atomic E-state index is 12.3. The van der Waals surface area contributed by atoms with Gasteiger partial charge in [-0.25, -0.2) is 4.57 Å². The minimum Gasteiger partial charge on any atom is -0.508 e. The highest BCUT2D eigenvalue weighted by Gasteiger charge is 2.22. The molecule has 0 saturated carbocycles. The zero-order valence-corrected chi connectivity index (χ0v) is 19.4. The Morgan fingerprint density at radius 1 is 0.971 bits per heavy atom. The molecule has 1 N–H and O–H groups in total. The van der Waals surface area contributed by atoms with Crippen LogP contribution >= 0.6 is 0 Å². The van der Waals surface area contributed by atoms with Crippen molar-refractivity contribution in [2.45, 2.75) is 6.92 Å². The Kier molecular flexibility index (Phi) is 9.72. The molecule has 0 amide bonds. The van der Waals surface area contributed by atoms with Crippen molar-refractivity contribution in [2.24, 2.45) is 7.05 Å². The number of aryl methyl sites for hydroxylation is 1. The lowest BCUT2D eigenvalue weighted by Crippen LogP contribution is -2.30. The predicted molar refractivity (Wildman–Crippen MR) is 114 cm³/mol. The fourth-order valence-corrected chi connectivity index (χ4v) is 3.11. The molecule has 0 bridgehead atoms. The van der Waals surface area contributed by atoms with Crippen molar-refractivity contribution in [3.8, 4) is 11.5 Å². The highest BCUT2D eigenvalue weighted by atomic mass is 32.3. The monoisotopic (exact) mass is 539 g/mol. The number of nitro groups is 2. The molecule has 1 heterocycles. The first-order valence-electron chi connectivity index (χ1n) is 8.82. The lowest BCUT2D eigenvalue weighted by Gasteiger charge is -1.98. The van der Waals surface area contributed by atoms with Crippen LogP contribution in [0.3, 0.4) is 0 Å². The smallest absolute Gasteiger partial charge is 0.488 e. The Labute approximate surface area is 197 Å². The van der Waals surface area contributed by atoms with Gasteiger partial charge in [0.25, 0.3) is 17.2 Å². The van der Waals surface area contributed by atoms with Gasteiger partial charge in [-0.2, -0.15) is 16.8 Å². The first-order chi connectivity index (χ1) is 16.0. The van der Waals surface area contributed by atoms with Crippen molar-refractivity contribution in [1.29, 1.82) is 0 Å². The molecule has 0 radical (unpaired) electrons. The van der Waals surface area contributed by atoms with E-state index < -0.39 is 36.5 Å². The minimum absolute atomic E-state index is 0.0887. The number of phenols is 1. The van der Waals surface area contributed by atoms with Crippen molar-refractivity contribution < 1.29 is 48.3 Å². The van der Waals surface area contributed by atoms with E-state index >= 15 is 0 Å². The highest BCUT2D eigenvalue weighted by Crippen LogP contribution is 2.20. The Morgan fingerprint density at radius 3 is 1.83 bits per heavy atom. The normalized spacial score (nSPS) is 10.7. The molecular formula is C17H17F2N4O10S2+. The van der Waals surface area contributed by atoms with E-state index in [-0.39, 0.29) is 17.1 Å². The van der Waals surface area contributed by atoms with Gasteiger partial charge in [0.1, 0.15) is 18.1 Å². The van der Waals surface area contributed by atoms with Crippen LogP contribution in [-0.4, -0.2) is 35.8 Å². The molecule has 0 aliphatic heterocycles. The molecule has 14 nitrogen and oxygen atoms in total. The third kappa shape index (κ3) is 10.1. The molecular weight excluding hydrogens is 522 g/mol. The lowest BCUT2D eigenvalue weighted by molar-refractivity contribution is -0.676. The number of rotatable bonds is 5. The fourth-order valence-electron chi connectivity index (χ4n) is 2.13. The molecule has 0 spiro atoms. The van der Waals surface area contributed by atoms with Crippen LogP contribution in [0.15, 0.2) is 60.9 Å². The van der Waals surface area contributed by atoms with Gasteiger partial charge < -0.3 is 9.29 Å². The van der Waals surface area contributed by atoms with Crippen LogP contribution in [0, 0.1) is 27.2 Å². The maximum Gasteiger partial charge on any atom is 0.488 e. The van der Waals surface area contributed by atoms with Crippen LogP contribution in [0.5, 0.6) is 11.5 Å². The molecule has 18 heteroatoms. The van der Waals surface area contributed by atoms with E-state index in [1.807, 2.05) is 0 Å². The summed E-state index contributed by atoms with van der Waals surface area (Å²) in [5.41, 5.74) is -0.480. The summed E-state index contributed by atoms with van der Waals surface area (Å²) in [6, 6.07) is 9.41. The number of aromatic hydroxyl groups is 1. The zero-order valence-electron chi connectivity index (χ0n) is 17.8. The van der Waals surface area contributed by atoms with Crippen LogP contribution in [-0.2, 0) is 28.0 Å². The number of phenolic OH excluding ortho intramolecular Hbond substituents is 1. The summed E-state index contributed by atoms with van der Waals surface area (Å²) >= 11 is 0. The van der Waals surface area contributed by atoms with Crippen molar-refractivity contribution in [3.05, 3.63) is 87.0 Å². The van der Waals surface area contributed by atoms with Gasteiger partial charge in [-0.05, 0) is 12.1 Å². The summed E-state index contributed by atoms with van der Waals surface area (Å²) in [4.78, 5) is 19.0. The zero-order chi connectivity index (χ0) is 27.0. The van der Waals surface area contributed by atoms with Crippen LogP contribution in [0.25, 0.3) is 0 Å². The Morgan fingerprint density at radius 2 is 1.49 bits per heavy atom. The average Bonchev–Trinajstić information content (AvgIpc) is 3.07. The molecule has 1 aromatic heterocycles. The summed E-state index contributed by atoms with van der Waals surface area (Å²) in [6.45, 7) is 1.51. The van der Waals surface area contributed by atoms with Gasteiger partial charge in [0.05, 0.1) is 29.0 Å². The van der Waals surface area contributed by atoms with Gasteiger partial charge >= 0.3 is 20.9 Å². The Hall–Kier alpha value is -4.19. The minimum atomic E-state index is -5.14. The summed E-state index contributed by atoms with van der Waals surface area (Å²) in [7, 11) is -8.12. The number of nitrogens with zero attached hydrogens (tertiary/aromatic N) is 4. The van der Waals surface area contributed by atoms with Gasteiger partial charge in [0, 0.05) is 19.1 Å². The molecule has 0 fully saturated rings. The van der Waals surface area contributed by atoms with Crippen LogP contribution in [0.4, 0.5) is 19.1 Å². The second-order valence-electron chi connectivity index (χ2n) is 6.20. The average molecular weight is 539 g/mol. The summed E-state index contributed by atoms with van der Waals surface area (Å²) in [5.74, 6) is -0.205. The van der Waals surface area contributed by atoms with E-state index in [4.69, 9.17) is 5.11 Å². The standard InChI is InChI=1S/C6H4FNO5S.C6H5NO3.C5H8FN2O2S/c7-14(11,12)13-6-3-1-2-5(4-6)8(9)10;8-6-3-1-2-5(4-6)7(9)10;1-5-7(2)3-4-8(5)11(6,9)10/h1-4H;1-4,8H;3-4H,1-2H3/q;;+1. The lowest BCUT2D eigenvalue weighted by atomic mass is 10.3. The van der Waals surface area contributed by atoms with E-state index in [1.165, 1.54) is 42.0 Å². The number of non-ortho nitro benzene ring substituents is 2. The molecule has 2 aromatic carbocycles. The predicted octanol–water partition coefficient (Wildman–Crippen LogP) is 2.17. The fraction of sp³-hybridized carbons (Fsp3) is 0.118. The molecule has 0 aliphatic carbocycles. The van der Waals surface area contributed by atoms with Gasteiger partial charge in [-0.3, -0.25) is 20.2 Å². The van der Waals surface area contributed by atoms with Gasteiger partial charge in [-0.1, -0.05) is 23.9 Å². The molecule has 0 aliphatic rings. The second kappa shape index (κ2) is 11.8. The van der Waals surface area contributed by atoms with Crippen LogP contribution < -0.4 is 8.75 Å². The third-order valence-electron chi connectivity index (χ3n) is 3.75. The molecule has 3 rings (SSSR count). The van der Waals surface area contributed by atoms with Crippen molar-refractivity contribution >= 4 is 32.3 Å². The van der Waals surface area contributed by atoms with Crippen molar-refractivity contribution in [2.75, 3.05) is 0 Å². The van der Waals surface area contributed by atoms with Crippen molar-refractivity contribution in [3.63, 3.8) is 0 Å². The van der Waals surface area contributed by atoms with Gasteiger partial charge in [0.2, 0.25) is 0 Å². The van der Waals surface area contributed by atoms with E-state index in [0.29, 0.717) is 9.80 Å². The molecule has 190 valence electrons. The SMILES string of the molecule is Cc1n(S(=O)(=O)F)cc[n+]1C.O=[N+]([O-])c1cccc(O)c1.O=[N+]([O-])c1cccc(OS(=O)(=O)F)c1. The number of nitro benzene ring substituents is 2. The van der Waals surface area contributed by atoms with Crippen LogP contribution in [0.1, 0.15) is 5.82 Å². The van der Waals surface area contributed by atoms with Crippen molar-refractivity contribution in [1.82, 2.24) is 3.97 Å². The first-order valence-corrected chi connectivity index (χ1v) is 11.5. The largest absolute Gasteiger partial charge is 0.508 e. The summed E-state index contributed by atoms with van der Waals surface area (Å²) in [5, 5.41) is 29.0. The maximum atomic E-state index is 12.3.